The maximum atomic E-state index is 4.75. The molecular formula is C18H20N6S. The third-order valence-corrected chi connectivity index (χ3v) is 5.06. The van der Waals surface area contributed by atoms with Crippen LogP contribution in [0, 0.1) is 0 Å². The van der Waals surface area contributed by atoms with Crippen LogP contribution in [0.4, 0.5) is 11.1 Å². The van der Waals surface area contributed by atoms with E-state index in [0.717, 1.165) is 36.0 Å². The van der Waals surface area contributed by atoms with Gasteiger partial charge in [-0.3, -0.25) is 9.88 Å². The molecule has 1 unspecified atom stereocenters. The number of nitrogens with one attached hydrogen (secondary N) is 1. The molecule has 4 rings (SSSR count). The summed E-state index contributed by atoms with van der Waals surface area (Å²) >= 11 is 1.54. The number of nitrogens with zero attached hydrogens (tertiary/aromatic N) is 5. The highest BCUT2D eigenvalue weighted by Crippen LogP contribution is 2.31. The minimum absolute atomic E-state index is 0.301. The molecule has 3 aromatic heterocycles. The average molecular weight is 352 g/mol. The monoisotopic (exact) mass is 352 g/mol. The normalized spacial score (nSPS) is 18.2. The topological polar surface area (TPSA) is 66.8 Å². The first kappa shape index (κ1) is 16.1. The summed E-state index contributed by atoms with van der Waals surface area (Å²) in [6.45, 7) is 1.92. The summed E-state index contributed by atoms with van der Waals surface area (Å²) in [5.41, 5.74) is 2.16. The van der Waals surface area contributed by atoms with E-state index in [9.17, 15) is 0 Å². The van der Waals surface area contributed by atoms with Crippen molar-refractivity contribution in [2.75, 3.05) is 11.9 Å². The van der Waals surface area contributed by atoms with Crippen LogP contribution in [0.15, 0.2) is 48.2 Å². The van der Waals surface area contributed by atoms with Crippen molar-refractivity contribution >= 4 is 22.4 Å². The van der Waals surface area contributed by atoms with E-state index in [1.54, 1.807) is 17.5 Å². The first-order chi connectivity index (χ1) is 12.4. The molecule has 1 aliphatic rings. The molecule has 1 aliphatic heterocycles. The van der Waals surface area contributed by atoms with E-state index in [0.29, 0.717) is 12.0 Å². The third kappa shape index (κ3) is 4.00. The van der Waals surface area contributed by atoms with Gasteiger partial charge in [0.2, 0.25) is 5.95 Å². The number of piperidine rings is 1. The van der Waals surface area contributed by atoms with E-state index in [1.165, 1.54) is 12.8 Å². The molecule has 0 bridgehead atoms. The Labute approximate surface area is 151 Å². The number of aromatic nitrogens is 4. The lowest BCUT2D eigenvalue weighted by Gasteiger charge is -2.35. The van der Waals surface area contributed by atoms with Gasteiger partial charge in [0.15, 0.2) is 5.13 Å². The Morgan fingerprint density at radius 3 is 2.92 bits per heavy atom. The van der Waals surface area contributed by atoms with E-state index in [1.807, 2.05) is 36.0 Å². The Bertz CT molecular complexity index is 792. The van der Waals surface area contributed by atoms with Gasteiger partial charge in [-0.2, -0.15) is 0 Å². The SMILES string of the molecule is c1ccc(CN2CCCCC2c2ccnc(Nc3nccs3)n2)nc1. The van der Waals surface area contributed by atoms with Crippen LogP contribution in [0.25, 0.3) is 0 Å². The fourth-order valence-corrected chi connectivity index (χ4v) is 3.74. The minimum atomic E-state index is 0.301. The van der Waals surface area contributed by atoms with Gasteiger partial charge >= 0.3 is 0 Å². The number of likely N-dealkylation sites (tertiary alicyclic amines) is 1. The highest BCUT2D eigenvalue weighted by molar-refractivity contribution is 7.13. The van der Waals surface area contributed by atoms with Gasteiger partial charge in [0, 0.05) is 30.5 Å². The van der Waals surface area contributed by atoms with Gasteiger partial charge in [-0.15, -0.1) is 11.3 Å². The number of anilines is 2. The Morgan fingerprint density at radius 2 is 2.08 bits per heavy atom. The second kappa shape index (κ2) is 7.67. The molecule has 3 aromatic rings. The minimum Gasteiger partial charge on any atom is -0.300 e. The number of hydrogen-bond acceptors (Lipinski definition) is 7. The fraction of sp³-hybridized carbons (Fsp3) is 0.333. The number of thiazole rings is 1. The van der Waals surface area contributed by atoms with Gasteiger partial charge in [0.05, 0.1) is 17.4 Å². The third-order valence-electron chi connectivity index (χ3n) is 4.37. The highest BCUT2D eigenvalue weighted by Gasteiger charge is 2.25. The average Bonchev–Trinajstić information content (AvgIpc) is 3.16. The lowest BCUT2D eigenvalue weighted by atomic mass is 9.99. The molecule has 0 aromatic carbocycles. The van der Waals surface area contributed by atoms with Crippen molar-refractivity contribution in [2.24, 2.45) is 0 Å². The highest BCUT2D eigenvalue weighted by atomic mass is 32.1. The van der Waals surface area contributed by atoms with Crippen LogP contribution >= 0.6 is 11.3 Å². The molecule has 0 amide bonds. The van der Waals surface area contributed by atoms with Crippen molar-refractivity contribution in [1.82, 2.24) is 24.8 Å². The maximum Gasteiger partial charge on any atom is 0.229 e. The Balaban J connectivity index is 1.53. The molecule has 7 heteroatoms. The molecule has 4 heterocycles. The lowest BCUT2D eigenvalue weighted by molar-refractivity contribution is 0.135. The number of pyridine rings is 1. The number of rotatable bonds is 5. The van der Waals surface area contributed by atoms with Crippen molar-refractivity contribution < 1.29 is 0 Å². The fourth-order valence-electron chi connectivity index (χ4n) is 3.21. The van der Waals surface area contributed by atoms with Gasteiger partial charge in [-0.1, -0.05) is 12.5 Å². The molecule has 0 spiro atoms. The molecule has 1 saturated heterocycles. The van der Waals surface area contributed by atoms with Crippen LogP contribution in [0.1, 0.15) is 36.7 Å². The van der Waals surface area contributed by atoms with E-state index in [4.69, 9.17) is 4.98 Å². The van der Waals surface area contributed by atoms with E-state index < -0.39 is 0 Å². The van der Waals surface area contributed by atoms with Gasteiger partial charge in [-0.25, -0.2) is 15.0 Å². The van der Waals surface area contributed by atoms with Gasteiger partial charge in [0.1, 0.15) is 0 Å². The molecular weight excluding hydrogens is 332 g/mol. The summed E-state index contributed by atoms with van der Waals surface area (Å²) in [6, 6.07) is 8.41. The van der Waals surface area contributed by atoms with Crippen LogP contribution in [0.2, 0.25) is 0 Å². The lowest BCUT2D eigenvalue weighted by Crippen LogP contribution is -2.33. The second-order valence-corrected chi connectivity index (χ2v) is 6.97. The molecule has 0 saturated carbocycles. The first-order valence-electron chi connectivity index (χ1n) is 8.52. The van der Waals surface area contributed by atoms with Crippen molar-refractivity contribution in [2.45, 2.75) is 31.8 Å². The van der Waals surface area contributed by atoms with Gasteiger partial charge in [0.25, 0.3) is 0 Å². The van der Waals surface area contributed by atoms with Crippen LogP contribution in [0.3, 0.4) is 0 Å². The second-order valence-electron chi connectivity index (χ2n) is 6.07. The smallest absolute Gasteiger partial charge is 0.229 e. The van der Waals surface area contributed by atoms with Crippen molar-refractivity contribution in [3.63, 3.8) is 0 Å². The quantitative estimate of drug-likeness (QED) is 0.753. The largest absolute Gasteiger partial charge is 0.300 e. The molecule has 1 N–H and O–H groups in total. The van der Waals surface area contributed by atoms with Crippen molar-refractivity contribution in [3.05, 3.63) is 59.6 Å². The van der Waals surface area contributed by atoms with Crippen LogP contribution in [-0.4, -0.2) is 31.4 Å². The summed E-state index contributed by atoms with van der Waals surface area (Å²) in [6.07, 6.45) is 9.01. The van der Waals surface area contributed by atoms with Crippen LogP contribution in [-0.2, 0) is 6.54 Å². The molecule has 1 atom stereocenters. The van der Waals surface area contributed by atoms with Crippen molar-refractivity contribution in [3.8, 4) is 0 Å². The zero-order chi connectivity index (χ0) is 16.9. The Morgan fingerprint density at radius 1 is 1.08 bits per heavy atom. The van der Waals surface area contributed by atoms with Gasteiger partial charge in [-0.05, 0) is 37.6 Å². The van der Waals surface area contributed by atoms with Gasteiger partial charge < -0.3 is 5.32 Å². The van der Waals surface area contributed by atoms with Crippen LogP contribution < -0.4 is 5.32 Å². The molecule has 128 valence electrons. The summed E-state index contributed by atoms with van der Waals surface area (Å²) in [5, 5.41) is 5.93. The molecule has 0 radical (unpaired) electrons. The summed E-state index contributed by atoms with van der Waals surface area (Å²) in [5.74, 6) is 0.607. The van der Waals surface area contributed by atoms with E-state index in [2.05, 4.69) is 31.2 Å². The Kier molecular flexibility index (Phi) is 4.94. The predicted octanol–water partition coefficient (Wildman–Crippen LogP) is 3.80. The summed E-state index contributed by atoms with van der Waals surface area (Å²) in [4.78, 5) is 20.3. The van der Waals surface area contributed by atoms with E-state index >= 15 is 0 Å². The predicted molar refractivity (Wildman–Crippen MR) is 98.7 cm³/mol. The number of hydrogen-bond donors (Lipinski definition) is 1. The zero-order valence-electron chi connectivity index (χ0n) is 13.9. The standard InChI is InChI=1S/C18H20N6S/c1-3-8-19-14(5-1)13-24-11-4-2-6-16(24)15-7-9-20-17(22-15)23-18-21-10-12-25-18/h1,3,5,7-10,12,16H,2,4,6,11,13H2,(H,20,21,22,23). The molecule has 1 fully saturated rings. The van der Waals surface area contributed by atoms with E-state index in [-0.39, 0.29) is 0 Å². The molecule has 6 nitrogen and oxygen atoms in total. The molecule has 0 aliphatic carbocycles. The summed E-state index contributed by atoms with van der Waals surface area (Å²) in [7, 11) is 0. The van der Waals surface area contributed by atoms with Crippen LogP contribution in [0.5, 0.6) is 0 Å². The Hall–Kier alpha value is -2.38. The van der Waals surface area contributed by atoms with Crippen molar-refractivity contribution in [1.29, 1.82) is 0 Å². The summed E-state index contributed by atoms with van der Waals surface area (Å²) < 4.78 is 0. The first-order valence-corrected chi connectivity index (χ1v) is 9.40. The zero-order valence-corrected chi connectivity index (χ0v) is 14.7. The molecule has 25 heavy (non-hydrogen) atoms. The maximum absolute atomic E-state index is 4.75.